The van der Waals surface area contributed by atoms with Crippen molar-refractivity contribution in [3.05, 3.63) is 0 Å². The second kappa shape index (κ2) is 6.34. The molecule has 1 fully saturated rings. The van der Waals surface area contributed by atoms with E-state index in [0.717, 1.165) is 4.90 Å². The molecule has 2 amide bonds. The number of hydrogen-bond acceptors (Lipinski definition) is 4. The van der Waals surface area contributed by atoms with Crippen LogP contribution in [-0.2, 0) is 19.1 Å². The van der Waals surface area contributed by atoms with Gasteiger partial charge in [-0.2, -0.15) is 0 Å². The highest BCUT2D eigenvalue weighted by Gasteiger charge is 2.37. The molecule has 0 bridgehead atoms. The van der Waals surface area contributed by atoms with E-state index in [-0.39, 0.29) is 37.2 Å². The highest BCUT2D eigenvalue weighted by atomic mass is 16.5. The molecule has 1 aliphatic rings. The molecule has 0 spiro atoms. The van der Waals surface area contributed by atoms with E-state index in [9.17, 15) is 14.4 Å². The predicted octanol–water partition coefficient (Wildman–Crippen LogP) is -0.787. The average molecular weight is 258 g/mol. The summed E-state index contributed by atoms with van der Waals surface area (Å²) in [6, 6.07) is -1.07. The predicted molar refractivity (Wildman–Crippen MR) is 61.9 cm³/mol. The Hall–Kier alpha value is -1.63. The van der Waals surface area contributed by atoms with Crippen molar-refractivity contribution in [1.82, 2.24) is 10.2 Å². The lowest BCUT2D eigenvalue weighted by Gasteiger charge is -2.22. The Balaban J connectivity index is 2.51. The summed E-state index contributed by atoms with van der Waals surface area (Å²) in [5.74, 6) is -1.74. The lowest BCUT2D eigenvalue weighted by Crippen LogP contribution is -2.47. The molecule has 0 aromatic rings. The summed E-state index contributed by atoms with van der Waals surface area (Å²) in [4.78, 5) is 35.2. The highest BCUT2D eigenvalue weighted by Crippen LogP contribution is 2.18. The smallest absolute Gasteiger partial charge is 0.326 e. The number of amides is 2. The van der Waals surface area contributed by atoms with Gasteiger partial charge in [-0.25, -0.2) is 4.79 Å². The maximum absolute atomic E-state index is 11.6. The molecular formula is C11H18N2O5. The first-order valence-corrected chi connectivity index (χ1v) is 5.76. The van der Waals surface area contributed by atoms with Gasteiger partial charge in [-0.15, -0.1) is 0 Å². The third-order valence-electron chi connectivity index (χ3n) is 2.75. The number of nitrogens with zero attached hydrogens (tertiary/aromatic N) is 1. The van der Waals surface area contributed by atoms with Gasteiger partial charge < -0.3 is 20.1 Å². The van der Waals surface area contributed by atoms with E-state index in [1.807, 2.05) is 0 Å². The van der Waals surface area contributed by atoms with Gasteiger partial charge in [0.2, 0.25) is 11.8 Å². The van der Waals surface area contributed by atoms with E-state index >= 15 is 0 Å². The Morgan fingerprint density at radius 3 is 2.83 bits per heavy atom. The van der Waals surface area contributed by atoms with Gasteiger partial charge in [0.25, 0.3) is 0 Å². The van der Waals surface area contributed by atoms with E-state index in [1.54, 1.807) is 6.92 Å². The van der Waals surface area contributed by atoms with Gasteiger partial charge in [-0.1, -0.05) is 0 Å². The second-order valence-corrected chi connectivity index (χ2v) is 4.34. The molecule has 7 nitrogen and oxygen atoms in total. The van der Waals surface area contributed by atoms with Crippen LogP contribution >= 0.6 is 0 Å². The first kappa shape index (κ1) is 14.4. The largest absolute Gasteiger partial charge is 0.480 e. The normalized spacial score (nSPS) is 20.9. The van der Waals surface area contributed by atoms with Crippen molar-refractivity contribution in [3.8, 4) is 0 Å². The molecule has 1 saturated heterocycles. The molecule has 1 aliphatic heterocycles. The number of carbonyl (C=O) groups excluding carboxylic acids is 2. The maximum Gasteiger partial charge on any atom is 0.326 e. The topological polar surface area (TPSA) is 95.9 Å². The number of likely N-dealkylation sites (tertiary alicyclic amines) is 1. The van der Waals surface area contributed by atoms with Gasteiger partial charge in [0.15, 0.2) is 0 Å². The van der Waals surface area contributed by atoms with E-state index in [0.29, 0.717) is 6.61 Å². The van der Waals surface area contributed by atoms with Crippen LogP contribution in [0.5, 0.6) is 0 Å². The lowest BCUT2D eigenvalue weighted by molar-refractivity contribution is -0.147. The van der Waals surface area contributed by atoms with Gasteiger partial charge in [-0.3, -0.25) is 9.59 Å². The summed E-state index contributed by atoms with van der Waals surface area (Å²) in [5, 5.41) is 11.6. The average Bonchev–Trinajstić information content (AvgIpc) is 2.60. The number of aliphatic carboxylic acids is 1. The molecule has 2 N–H and O–H groups in total. The number of methoxy groups -OCH3 is 1. The summed E-state index contributed by atoms with van der Waals surface area (Å²) in [5.41, 5.74) is 0. The molecule has 1 heterocycles. The molecule has 2 atom stereocenters. The maximum atomic E-state index is 11.6. The van der Waals surface area contributed by atoms with E-state index in [1.165, 1.54) is 7.11 Å². The fraction of sp³-hybridized carbons (Fsp3) is 0.727. The minimum absolute atomic E-state index is 0.177. The van der Waals surface area contributed by atoms with Gasteiger partial charge in [0.05, 0.1) is 6.61 Å². The quantitative estimate of drug-likeness (QED) is 0.651. The molecule has 102 valence electrons. The van der Waals surface area contributed by atoms with Crippen LogP contribution in [0, 0.1) is 0 Å². The van der Waals surface area contributed by atoms with Crippen LogP contribution < -0.4 is 5.32 Å². The van der Waals surface area contributed by atoms with Crippen LogP contribution in [0.1, 0.15) is 19.8 Å². The van der Waals surface area contributed by atoms with Crippen LogP contribution in [0.2, 0.25) is 0 Å². The fourth-order valence-corrected chi connectivity index (χ4v) is 1.96. The molecule has 18 heavy (non-hydrogen) atoms. The number of nitrogens with one attached hydrogen (secondary N) is 1. The van der Waals surface area contributed by atoms with Crippen LogP contribution in [0.25, 0.3) is 0 Å². The summed E-state index contributed by atoms with van der Waals surface area (Å²) in [6.45, 7) is 1.91. The van der Waals surface area contributed by atoms with Gasteiger partial charge in [0, 0.05) is 19.6 Å². The molecule has 2 unspecified atom stereocenters. The summed E-state index contributed by atoms with van der Waals surface area (Å²) < 4.78 is 4.87. The molecule has 1 rings (SSSR count). The van der Waals surface area contributed by atoms with E-state index in [2.05, 4.69) is 5.32 Å². The van der Waals surface area contributed by atoms with E-state index < -0.39 is 12.0 Å². The lowest BCUT2D eigenvalue weighted by atomic mass is 10.2. The number of hydrogen-bond donors (Lipinski definition) is 2. The fourth-order valence-electron chi connectivity index (χ4n) is 1.96. The van der Waals surface area contributed by atoms with Gasteiger partial charge in [-0.05, 0) is 13.3 Å². The van der Waals surface area contributed by atoms with E-state index in [4.69, 9.17) is 9.84 Å². The standard InChI is InChI=1S/C11H18N2O5/c1-7(6-18-2)12-9(14)5-13-8(11(16)17)3-4-10(13)15/h7-8H,3-6H2,1-2H3,(H,12,14)(H,16,17). The van der Waals surface area contributed by atoms with Crippen molar-refractivity contribution in [2.45, 2.75) is 31.8 Å². The molecular weight excluding hydrogens is 240 g/mol. The summed E-state index contributed by atoms with van der Waals surface area (Å²) in [7, 11) is 1.52. The minimum atomic E-state index is -1.07. The summed E-state index contributed by atoms with van der Waals surface area (Å²) in [6.07, 6.45) is 0.437. The van der Waals surface area contributed by atoms with Gasteiger partial charge >= 0.3 is 5.97 Å². The monoisotopic (exact) mass is 258 g/mol. The molecule has 0 radical (unpaired) electrons. The van der Waals surface area contributed by atoms with Crippen LogP contribution in [0.15, 0.2) is 0 Å². The Bertz CT molecular complexity index is 344. The molecule has 0 aliphatic carbocycles. The highest BCUT2D eigenvalue weighted by molar-refractivity contribution is 5.91. The molecule has 0 saturated carbocycles. The van der Waals surface area contributed by atoms with Crippen molar-refractivity contribution in [1.29, 1.82) is 0 Å². The van der Waals surface area contributed by atoms with Crippen LogP contribution in [0.3, 0.4) is 0 Å². The third-order valence-corrected chi connectivity index (χ3v) is 2.75. The summed E-state index contributed by atoms with van der Waals surface area (Å²) >= 11 is 0. The zero-order valence-corrected chi connectivity index (χ0v) is 10.5. The van der Waals surface area contributed by atoms with Crippen molar-refractivity contribution < 1.29 is 24.2 Å². The van der Waals surface area contributed by atoms with Crippen molar-refractivity contribution in [2.24, 2.45) is 0 Å². The van der Waals surface area contributed by atoms with Crippen LogP contribution in [0.4, 0.5) is 0 Å². The Labute approximate surface area is 105 Å². The Morgan fingerprint density at radius 2 is 2.28 bits per heavy atom. The SMILES string of the molecule is COCC(C)NC(=O)CN1C(=O)CCC1C(=O)O. The van der Waals surface area contributed by atoms with Gasteiger partial charge in [0.1, 0.15) is 12.6 Å². The zero-order chi connectivity index (χ0) is 13.7. The van der Waals surface area contributed by atoms with Crippen molar-refractivity contribution in [3.63, 3.8) is 0 Å². The van der Waals surface area contributed by atoms with Crippen LogP contribution in [-0.4, -0.2) is 60.1 Å². The Morgan fingerprint density at radius 1 is 1.61 bits per heavy atom. The third kappa shape index (κ3) is 3.69. The first-order chi connectivity index (χ1) is 8.45. The minimum Gasteiger partial charge on any atom is -0.480 e. The number of carboxylic acids is 1. The van der Waals surface area contributed by atoms with Crippen molar-refractivity contribution in [2.75, 3.05) is 20.3 Å². The molecule has 7 heteroatoms. The molecule has 0 aromatic carbocycles. The number of ether oxygens (including phenoxy) is 1. The molecule has 0 aromatic heterocycles. The number of carboxylic acid groups (broad SMARTS) is 1. The first-order valence-electron chi connectivity index (χ1n) is 5.76. The zero-order valence-electron chi connectivity index (χ0n) is 10.5. The number of rotatable bonds is 6. The Kier molecular flexibility index (Phi) is 5.08. The number of carbonyl (C=O) groups is 3. The van der Waals surface area contributed by atoms with Crippen molar-refractivity contribution >= 4 is 17.8 Å². The second-order valence-electron chi connectivity index (χ2n) is 4.34.